The summed E-state index contributed by atoms with van der Waals surface area (Å²) < 4.78 is 3.47. The summed E-state index contributed by atoms with van der Waals surface area (Å²) in [6, 6.07) is 15.6. The first-order valence-electron chi connectivity index (χ1n) is 15.9. The number of aryl methyl sites for hydroxylation is 1. The van der Waals surface area contributed by atoms with Crippen LogP contribution in [0.4, 0.5) is 22.4 Å². The third-order valence-electron chi connectivity index (χ3n) is 7.76. The lowest BCUT2D eigenvalue weighted by Gasteiger charge is -2.28. The fourth-order valence-corrected chi connectivity index (χ4v) is 5.41. The molecule has 1 aliphatic heterocycles. The zero-order valence-electron chi connectivity index (χ0n) is 26.8. The molecule has 0 unspecified atom stereocenters. The number of benzene rings is 1. The van der Waals surface area contributed by atoms with E-state index in [0.717, 1.165) is 48.1 Å². The monoisotopic (exact) mass is 634 g/mol. The minimum absolute atomic E-state index is 0.102. The lowest BCUT2D eigenvalue weighted by Crippen LogP contribution is -2.48. The van der Waals surface area contributed by atoms with Crippen molar-refractivity contribution >= 4 is 35.2 Å². The number of pyridine rings is 1. The average molecular weight is 635 g/mol. The zero-order valence-corrected chi connectivity index (χ0v) is 26.8. The molecule has 1 fully saturated rings. The molecule has 1 saturated heterocycles. The Balaban J connectivity index is 1.29. The van der Waals surface area contributed by atoms with Crippen LogP contribution >= 0.6 is 0 Å². The molecule has 0 aliphatic carbocycles. The number of carbonyl (C=O) groups is 2. The van der Waals surface area contributed by atoms with Gasteiger partial charge >= 0.3 is 6.03 Å². The molecule has 3 aromatic heterocycles. The highest BCUT2D eigenvalue weighted by Gasteiger charge is 2.24. The first kappa shape index (κ1) is 32.7. The normalized spacial score (nSPS) is 13.4. The van der Waals surface area contributed by atoms with Crippen molar-refractivity contribution in [2.45, 2.75) is 45.6 Å². The zero-order chi connectivity index (χ0) is 33.0. The van der Waals surface area contributed by atoms with Crippen LogP contribution in [0.15, 0.2) is 67.3 Å². The summed E-state index contributed by atoms with van der Waals surface area (Å²) >= 11 is 0. The van der Waals surface area contributed by atoms with Crippen LogP contribution in [0.1, 0.15) is 50.2 Å². The molecule has 4 heterocycles. The number of rotatable bonds is 13. The van der Waals surface area contributed by atoms with E-state index >= 15 is 0 Å². The molecule has 0 spiro atoms. The maximum Gasteiger partial charge on any atom is 0.441 e. The van der Waals surface area contributed by atoms with E-state index in [9.17, 15) is 14.9 Å². The van der Waals surface area contributed by atoms with Gasteiger partial charge in [-0.2, -0.15) is 19.9 Å². The predicted molar refractivity (Wildman–Crippen MR) is 179 cm³/mol. The van der Waals surface area contributed by atoms with E-state index in [0.29, 0.717) is 55.7 Å². The van der Waals surface area contributed by atoms with E-state index in [-0.39, 0.29) is 18.5 Å². The number of unbranched alkanes of at least 4 members (excludes halogenated alkanes) is 1. The Labute approximate surface area is 274 Å². The predicted octanol–water partition coefficient (Wildman–Crippen LogP) is 4.16. The van der Waals surface area contributed by atoms with Crippen LogP contribution in [0.3, 0.4) is 0 Å². The van der Waals surface area contributed by atoms with E-state index in [4.69, 9.17) is 4.98 Å². The molecule has 47 heavy (non-hydrogen) atoms. The number of nitrogens with zero attached hydrogens (tertiary/aromatic N) is 8. The van der Waals surface area contributed by atoms with Crippen molar-refractivity contribution in [2.75, 3.05) is 36.4 Å². The van der Waals surface area contributed by atoms with Gasteiger partial charge in [-0.1, -0.05) is 37.3 Å². The van der Waals surface area contributed by atoms with Gasteiger partial charge in [0.1, 0.15) is 17.8 Å². The number of hydrogen-bond acceptors (Lipinski definition) is 9. The summed E-state index contributed by atoms with van der Waals surface area (Å²) in [7, 11) is 1.87. The van der Waals surface area contributed by atoms with Crippen LogP contribution in [0.5, 0.6) is 0 Å². The quantitative estimate of drug-likeness (QED) is 0.112. The first-order valence-corrected chi connectivity index (χ1v) is 15.9. The van der Waals surface area contributed by atoms with Gasteiger partial charge in [0.25, 0.3) is 5.82 Å². The van der Waals surface area contributed by atoms with Gasteiger partial charge in [0.05, 0.1) is 31.2 Å². The fraction of sp³-hybridized carbons (Fsp3) is 0.353. The highest BCUT2D eigenvalue weighted by atomic mass is 16.2. The third kappa shape index (κ3) is 8.76. The summed E-state index contributed by atoms with van der Waals surface area (Å²) in [6.45, 7) is 4.33. The fourth-order valence-electron chi connectivity index (χ4n) is 5.41. The van der Waals surface area contributed by atoms with Crippen molar-refractivity contribution in [3.63, 3.8) is 0 Å². The van der Waals surface area contributed by atoms with Gasteiger partial charge in [-0.15, -0.1) is 4.98 Å². The second-order valence-electron chi connectivity index (χ2n) is 11.3. The lowest BCUT2D eigenvalue weighted by atomic mass is 10.1. The maximum atomic E-state index is 13.8. The first-order chi connectivity index (χ1) is 22.9. The van der Waals surface area contributed by atoms with Crippen molar-refractivity contribution < 1.29 is 14.2 Å². The van der Waals surface area contributed by atoms with Gasteiger partial charge in [-0.3, -0.25) is 14.8 Å². The molecule has 0 atom stereocenters. The second-order valence-corrected chi connectivity index (χ2v) is 11.3. The standard InChI is InChI=1S/C34H39N11O2/c1-3-9-29(12-7-8-15-37-33-39-21-27(18-35)32(42-33)44-17-16-36-31(46)24-44)45(34(47)40-19-25-10-5-4-6-11-25)30-14-13-26(20-38-30)28-22-41-43(2)23-28/h4-6,10-11,13-14,20-23H,3,7-9,12,15-17,19,24H2,1-2H3,(H2-,36,37,39,40,42,46,47)/p+1/b45-29+. The number of anilines is 2. The van der Waals surface area contributed by atoms with Crippen molar-refractivity contribution in [1.82, 2.24) is 35.4 Å². The molecule has 242 valence electrons. The molecule has 0 radical (unpaired) electrons. The van der Waals surface area contributed by atoms with Gasteiger partial charge in [-0.25, -0.2) is 9.78 Å². The molecule has 1 aromatic carbocycles. The molecular formula is C34H40N11O2+. The Morgan fingerprint density at radius 3 is 2.62 bits per heavy atom. The number of nitriles is 1. The van der Waals surface area contributed by atoms with Gasteiger partial charge in [0.2, 0.25) is 11.9 Å². The van der Waals surface area contributed by atoms with Crippen LogP contribution in [-0.2, 0) is 18.4 Å². The minimum atomic E-state index is -0.220. The molecule has 13 heteroatoms. The van der Waals surface area contributed by atoms with Crippen LogP contribution in [0, 0.1) is 11.3 Å². The van der Waals surface area contributed by atoms with Crippen LogP contribution < -0.4 is 20.9 Å². The summed E-state index contributed by atoms with van der Waals surface area (Å²) in [6.07, 6.45) is 10.9. The Hall–Kier alpha value is -5.64. The Bertz CT molecular complexity index is 1740. The second kappa shape index (κ2) is 16.1. The lowest BCUT2D eigenvalue weighted by molar-refractivity contribution is -0.342. The van der Waals surface area contributed by atoms with Crippen molar-refractivity contribution in [3.8, 4) is 17.2 Å². The summed E-state index contributed by atoms with van der Waals surface area (Å²) in [5.41, 5.74) is 4.21. The topological polar surface area (TPSA) is 157 Å². The molecular weight excluding hydrogens is 594 g/mol. The van der Waals surface area contributed by atoms with Crippen molar-refractivity contribution in [3.05, 3.63) is 78.4 Å². The van der Waals surface area contributed by atoms with Gasteiger partial charge in [-0.05, 0) is 43.7 Å². The van der Waals surface area contributed by atoms with Crippen LogP contribution in [0.25, 0.3) is 11.1 Å². The number of nitrogens with one attached hydrogen (secondary N) is 3. The number of carbonyl (C=O) groups excluding carboxylic acids is 2. The Morgan fingerprint density at radius 1 is 1.06 bits per heavy atom. The van der Waals surface area contributed by atoms with E-state index in [1.807, 2.05) is 55.7 Å². The van der Waals surface area contributed by atoms with Gasteiger partial charge in [0.15, 0.2) is 5.82 Å². The highest BCUT2D eigenvalue weighted by Crippen LogP contribution is 2.22. The summed E-state index contributed by atoms with van der Waals surface area (Å²) in [5, 5.41) is 22.9. The van der Waals surface area contributed by atoms with E-state index in [2.05, 4.69) is 44.0 Å². The molecule has 3 N–H and O–H groups in total. The minimum Gasteiger partial charge on any atom is -0.354 e. The van der Waals surface area contributed by atoms with Gasteiger partial charge in [0, 0.05) is 50.1 Å². The van der Waals surface area contributed by atoms with Crippen molar-refractivity contribution in [2.24, 2.45) is 7.05 Å². The smallest absolute Gasteiger partial charge is 0.354 e. The average Bonchev–Trinajstić information content (AvgIpc) is 3.54. The molecule has 3 amide bonds. The number of amides is 3. The summed E-state index contributed by atoms with van der Waals surface area (Å²) in [5.74, 6) is 1.32. The van der Waals surface area contributed by atoms with E-state index < -0.39 is 0 Å². The molecule has 0 bridgehead atoms. The third-order valence-corrected chi connectivity index (χ3v) is 7.76. The Morgan fingerprint density at radius 2 is 1.91 bits per heavy atom. The molecule has 5 rings (SSSR count). The number of aromatic nitrogens is 5. The van der Waals surface area contributed by atoms with Gasteiger partial charge < -0.3 is 15.5 Å². The number of hydrogen-bond donors (Lipinski definition) is 3. The Kier molecular flexibility index (Phi) is 11.2. The molecule has 1 aliphatic rings. The SMILES string of the molecule is CCC/C(CCCCNc1ncc(C#N)c(N2CCNC(=O)C2)n1)=[N+](\C(=O)NCc1ccccc1)c1ccc(-c2cnn(C)c2)cn1. The van der Waals surface area contributed by atoms with Crippen LogP contribution in [-0.4, -0.2) is 73.1 Å². The van der Waals surface area contributed by atoms with E-state index in [1.165, 1.54) is 6.20 Å². The highest BCUT2D eigenvalue weighted by molar-refractivity contribution is 5.87. The number of piperazine rings is 1. The molecule has 13 nitrogen and oxygen atoms in total. The maximum absolute atomic E-state index is 13.8. The number of urea groups is 1. The largest absolute Gasteiger partial charge is 0.441 e. The molecule has 0 saturated carbocycles. The van der Waals surface area contributed by atoms with E-state index in [1.54, 1.807) is 26.6 Å². The van der Waals surface area contributed by atoms with Crippen molar-refractivity contribution in [1.29, 1.82) is 5.26 Å². The van der Waals surface area contributed by atoms with Crippen LogP contribution in [0.2, 0.25) is 0 Å². The molecule has 4 aromatic rings. The summed E-state index contributed by atoms with van der Waals surface area (Å²) in [4.78, 5) is 41.0.